The minimum absolute atomic E-state index is 0.0224. The highest BCUT2D eigenvalue weighted by Gasteiger charge is 2.72. The Morgan fingerprint density at radius 2 is 1.88 bits per heavy atom. The number of cyclic esters (lactones) is 1. The van der Waals surface area contributed by atoms with Gasteiger partial charge >= 0.3 is 27.3 Å². The van der Waals surface area contributed by atoms with E-state index in [2.05, 4.69) is 0 Å². The van der Waals surface area contributed by atoms with E-state index in [9.17, 15) is 26.8 Å². The zero-order valence-corrected chi connectivity index (χ0v) is 19.8. The molecule has 3 saturated heterocycles. The fourth-order valence-corrected chi connectivity index (χ4v) is 11.8. The van der Waals surface area contributed by atoms with E-state index in [0.29, 0.717) is 19.3 Å². The molecule has 4 bridgehead atoms. The van der Waals surface area contributed by atoms with Crippen molar-refractivity contribution in [2.45, 2.75) is 70.1 Å². The minimum atomic E-state index is -5.92. The van der Waals surface area contributed by atoms with Gasteiger partial charge in [0.1, 0.15) is 23.1 Å². The highest BCUT2D eigenvalue weighted by molar-refractivity contribution is 8.22. The van der Waals surface area contributed by atoms with E-state index >= 15 is 0 Å². The van der Waals surface area contributed by atoms with Crippen molar-refractivity contribution in [3.8, 4) is 0 Å². The van der Waals surface area contributed by atoms with Gasteiger partial charge in [-0.25, -0.2) is 4.79 Å². The van der Waals surface area contributed by atoms with Gasteiger partial charge in [0.05, 0.1) is 9.33 Å². The molecule has 7 atom stereocenters. The Labute approximate surface area is 196 Å². The zero-order chi connectivity index (χ0) is 23.6. The topological polar surface area (TPSA) is 125 Å². The maximum atomic E-state index is 13.9. The van der Waals surface area contributed by atoms with Gasteiger partial charge in [0.2, 0.25) is 6.29 Å². The second-order valence-corrected chi connectivity index (χ2v) is 14.4. The van der Waals surface area contributed by atoms with Crippen LogP contribution in [0.4, 0.5) is 8.78 Å². The van der Waals surface area contributed by atoms with Gasteiger partial charge in [0.25, 0.3) is 0 Å². The number of ether oxygens (including phenoxy) is 4. The molecular weight excluding hydrogens is 506 g/mol. The van der Waals surface area contributed by atoms with Crippen molar-refractivity contribution >= 4 is 45.6 Å². The highest BCUT2D eigenvalue weighted by Crippen LogP contribution is 2.75. The van der Waals surface area contributed by atoms with Crippen molar-refractivity contribution in [1.82, 2.24) is 0 Å². The van der Waals surface area contributed by atoms with Gasteiger partial charge in [0, 0.05) is 7.11 Å². The minimum Gasteiger partial charge on any atom is -0.454 e. The number of carbonyl (C=O) groups excluding carboxylic acids is 2. The van der Waals surface area contributed by atoms with Gasteiger partial charge in [-0.1, -0.05) is 0 Å². The molecule has 7 rings (SSSR count). The van der Waals surface area contributed by atoms with Crippen LogP contribution in [-0.4, -0.2) is 70.0 Å². The number of alkyl halides is 2. The largest absolute Gasteiger partial charge is 0.465 e. The Morgan fingerprint density at radius 3 is 2.48 bits per heavy atom. The standard InChI is InChI=1S/C19H22F2O9S3/c1-27-14-11-10(13(22)29-14)12-15(28-11)32-18(31-12)8-2-7-3-9(18)6-17(4-7,5-8)30-16(23)19(20,21)33(24,25)26/h7-12,14-15H,2-6H2,1H3,(H,24,25,26). The lowest BCUT2D eigenvalue weighted by Crippen LogP contribution is -2.62. The van der Waals surface area contributed by atoms with Gasteiger partial charge in [-0.2, -0.15) is 17.2 Å². The summed E-state index contributed by atoms with van der Waals surface area (Å²) in [5.74, 6) is -2.79. The Bertz CT molecular complexity index is 1000. The number of rotatable bonds is 4. The molecule has 0 aromatic carbocycles. The third kappa shape index (κ3) is 3.03. The lowest BCUT2D eigenvalue weighted by molar-refractivity contribution is -0.202. The van der Waals surface area contributed by atoms with Crippen LogP contribution in [-0.2, 0) is 38.7 Å². The number of fused-ring (bicyclic) bond motifs is 3. The van der Waals surface area contributed by atoms with Crippen LogP contribution in [0, 0.1) is 23.7 Å². The Hall–Kier alpha value is -0.670. The monoisotopic (exact) mass is 528 g/mol. The summed E-state index contributed by atoms with van der Waals surface area (Å²) in [4.78, 5) is 24.6. The van der Waals surface area contributed by atoms with E-state index in [1.807, 2.05) is 0 Å². The molecule has 0 amide bonds. The maximum Gasteiger partial charge on any atom is 0.465 e. The van der Waals surface area contributed by atoms with Gasteiger partial charge in [-0.05, 0) is 49.9 Å². The first-order valence-corrected chi connectivity index (χ1v) is 13.9. The van der Waals surface area contributed by atoms with Crippen molar-refractivity contribution in [2.75, 3.05) is 7.11 Å². The number of thioether (sulfide) groups is 2. The first kappa shape index (κ1) is 22.8. The van der Waals surface area contributed by atoms with Gasteiger partial charge in [0.15, 0.2) is 0 Å². The number of carbonyl (C=O) groups is 2. The number of halogens is 2. The van der Waals surface area contributed by atoms with Crippen molar-refractivity contribution in [2.24, 2.45) is 23.7 Å². The quantitative estimate of drug-likeness (QED) is 0.425. The van der Waals surface area contributed by atoms with Crippen LogP contribution in [0.2, 0.25) is 0 Å². The summed E-state index contributed by atoms with van der Waals surface area (Å²) in [7, 11) is -4.46. The summed E-state index contributed by atoms with van der Waals surface area (Å²) < 4.78 is 80.1. The molecule has 9 nitrogen and oxygen atoms in total. The highest BCUT2D eigenvalue weighted by atomic mass is 32.2. The Morgan fingerprint density at radius 1 is 1.21 bits per heavy atom. The smallest absolute Gasteiger partial charge is 0.454 e. The molecule has 3 heterocycles. The van der Waals surface area contributed by atoms with E-state index < -0.39 is 45.3 Å². The predicted octanol–water partition coefficient (Wildman–Crippen LogP) is 2.00. The molecule has 7 fully saturated rings. The maximum absolute atomic E-state index is 13.9. The Balaban J connectivity index is 1.24. The summed E-state index contributed by atoms with van der Waals surface area (Å²) >= 11 is 3.37. The molecule has 3 aliphatic heterocycles. The molecule has 0 aromatic rings. The number of hydrogen-bond acceptors (Lipinski definition) is 10. The van der Waals surface area contributed by atoms with E-state index in [0.717, 1.165) is 12.8 Å². The van der Waals surface area contributed by atoms with Crippen molar-refractivity contribution in [3.63, 3.8) is 0 Å². The molecule has 7 aliphatic rings. The first-order chi connectivity index (χ1) is 15.4. The summed E-state index contributed by atoms with van der Waals surface area (Å²) in [5, 5.41) is -5.13. The lowest BCUT2D eigenvalue weighted by Gasteiger charge is -2.63. The summed E-state index contributed by atoms with van der Waals surface area (Å²) in [6, 6.07) is 0. The molecule has 184 valence electrons. The molecule has 4 aliphatic carbocycles. The van der Waals surface area contributed by atoms with Crippen LogP contribution in [0.1, 0.15) is 32.1 Å². The Kier molecular flexibility index (Phi) is 4.81. The fourth-order valence-electron chi connectivity index (χ4n) is 6.99. The van der Waals surface area contributed by atoms with Crippen LogP contribution in [0.5, 0.6) is 0 Å². The molecule has 1 spiro atoms. The molecular formula is C19H22F2O9S3. The van der Waals surface area contributed by atoms with Crippen LogP contribution in [0.25, 0.3) is 0 Å². The molecule has 14 heteroatoms. The van der Waals surface area contributed by atoms with Gasteiger partial charge in [-0.15, -0.1) is 23.5 Å². The van der Waals surface area contributed by atoms with E-state index in [-0.39, 0.29) is 38.5 Å². The second-order valence-electron chi connectivity index (χ2n) is 9.87. The number of esters is 2. The van der Waals surface area contributed by atoms with Crippen LogP contribution >= 0.6 is 23.5 Å². The van der Waals surface area contributed by atoms with Crippen molar-refractivity contribution in [1.29, 1.82) is 0 Å². The normalized spacial score (nSPS) is 49.9. The van der Waals surface area contributed by atoms with E-state index in [4.69, 9.17) is 23.5 Å². The number of hydrogen-bond donors (Lipinski definition) is 1. The van der Waals surface area contributed by atoms with Crippen LogP contribution < -0.4 is 0 Å². The number of methoxy groups -OCH3 is 1. The molecule has 7 unspecified atom stereocenters. The molecule has 0 aromatic heterocycles. The fraction of sp³-hybridized carbons (Fsp3) is 0.895. The molecule has 4 saturated carbocycles. The van der Waals surface area contributed by atoms with Crippen molar-refractivity contribution < 1.29 is 50.3 Å². The van der Waals surface area contributed by atoms with Crippen LogP contribution in [0.3, 0.4) is 0 Å². The second kappa shape index (κ2) is 6.96. The third-order valence-electron chi connectivity index (χ3n) is 8.04. The van der Waals surface area contributed by atoms with E-state index in [1.165, 1.54) is 7.11 Å². The summed E-state index contributed by atoms with van der Waals surface area (Å²) in [5.41, 5.74) is -1.40. The SMILES string of the molecule is COC1OC(=O)C2C1OC1SC3(SC12)C1CC2CC3CC(OC(=O)C(F)(F)S(=O)(=O)O)(C2)C1. The van der Waals surface area contributed by atoms with Crippen molar-refractivity contribution in [3.05, 3.63) is 0 Å². The first-order valence-electron chi connectivity index (χ1n) is 10.7. The lowest BCUT2D eigenvalue weighted by atomic mass is 9.53. The predicted molar refractivity (Wildman–Crippen MR) is 110 cm³/mol. The zero-order valence-electron chi connectivity index (χ0n) is 17.3. The molecule has 1 N–H and O–H groups in total. The summed E-state index contributed by atoms with van der Waals surface area (Å²) in [6.07, 6.45) is 1.54. The average molecular weight is 529 g/mol. The molecule has 0 radical (unpaired) electrons. The average Bonchev–Trinajstić information content (AvgIpc) is 3.33. The van der Waals surface area contributed by atoms with Crippen LogP contribution in [0.15, 0.2) is 0 Å². The molecule has 33 heavy (non-hydrogen) atoms. The third-order valence-corrected chi connectivity index (χ3v) is 13.1. The van der Waals surface area contributed by atoms with Gasteiger partial charge < -0.3 is 18.9 Å². The summed E-state index contributed by atoms with van der Waals surface area (Å²) in [6.45, 7) is 0. The van der Waals surface area contributed by atoms with Gasteiger partial charge in [-0.3, -0.25) is 9.35 Å². The van der Waals surface area contributed by atoms with E-state index in [1.54, 1.807) is 23.5 Å².